The summed E-state index contributed by atoms with van der Waals surface area (Å²) >= 11 is 0. The Morgan fingerprint density at radius 3 is 2.54 bits per heavy atom. The predicted molar refractivity (Wildman–Crippen MR) is 51.7 cm³/mol. The lowest BCUT2D eigenvalue weighted by atomic mass is 10.3. The quantitative estimate of drug-likeness (QED) is 0.474. The third-order valence-corrected chi connectivity index (χ3v) is 1.84. The Morgan fingerprint density at radius 2 is 2.00 bits per heavy atom. The van der Waals surface area contributed by atoms with Crippen LogP contribution in [0.3, 0.4) is 0 Å². The van der Waals surface area contributed by atoms with Crippen LogP contribution in [0.5, 0.6) is 0 Å². The first-order chi connectivity index (χ1) is 6.20. The zero-order valence-corrected chi connectivity index (χ0v) is 8.84. The molecule has 1 unspecified atom stereocenters. The van der Waals surface area contributed by atoms with Gasteiger partial charge in [-0.2, -0.15) is 0 Å². The molecule has 0 saturated heterocycles. The fourth-order valence-electron chi connectivity index (χ4n) is 0.789. The maximum absolute atomic E-state index is 10.9. The molecule has 0 aliphatic heterocycles. The van der Waals surface area contributed by atoms with E-state index in [0.717, 1.165) is 25.7 Å². The van der Waals surface area contributed by atoms with Crippen LogP contribution in [0.1, 0.15) is 46.5 Å². The summed E-state index contributed by atoms with van der Waals surface area (Å²) in [5.74, 6) is 0. The Labute approximate surface area is 80.4 Å². The lowest BCUT2D eigenvalue weighted by Gasteiger charge is -2.10. The second-order valence-corrected chi connectivity index (χ2v) is 3.14. The van der Waals surface area contributed by atoms with Crippen LogP contribution in [0.25, 0.3) is 0 Å². The maximum atomic E-state index is 10.9. The monoisotopic (exact) mass is 188 g/mol. The molecule has 0 spiro atoms. The standard InChI is InChI=1S/C10H20O3/c1-4-6-7-8-12-10(11)13-9(3)5-2/h9H,4-8H2,1-3H3. The van der Waals surface area contributed by atoms with Gasteiger partial charge in [-0.25, -0.2) is 4.79 Å². The van der Waals surface area contributed by atoms with E-state index in [1.807, 2.05) is 13.8 Å². The highest BCUT2D eigenvalue weighted by molar-refractivity contribution is 5.59. The van der Waals surface area contributed by atoms with Gasteiger partial charge in [0.25, 0.3) is 0 Å². The molecule has 1 atom stereocenters. The number of carbonyl (C=O) groups excluding carboxylic acids is 1. The molecule has 0 fully saturated rings. The van der Waals surface area contributed by atoms with Crippen molar-refractivity contribution in [2.24, 2.45) is 0 Å². The molecular weight excluding hydrogens is 168 g/mol. The highest BCUT2D eigenvalue weighted by Crippen LogP contribution is 2.00. The first-order valence-electron chi connectivity index (χ1n) is 5.04. The Bertz CT molecular complexity index is 134. The highest BCUT2D eigenvalue weighted by atomic mass is 16.7. The normalized spacial score (nSPS) is 12.2. The topological polar surface area (TPSA) is 35.5 Å². The number of ether oxygens (including phenoxy) is 2. The number of unbranched alkanes of at least 4 members (excludes halogenated alkanes) is 2. The third-order valence-electron chi connectivity index (χ3n) is 1.84. The molecule has 0 rings (SSSR count). The Kier molecular flexibility index (Phi) is 7.45. The van der Waals surface area contributed by atoms with Crippen molar-refractivity contribution in [1.29, 1.82) is 0 Å². The molecule has 78 valence electrons. The molecule has 0 aromatic rings. The van der Waals surface area contributed by atoms with E-state index in [9.17, 15) is 4.79 Å². The summed E-state index contributed by atoms with van der Waals surface area (Å²) in [5.41, 5.74) is 0. The van der Waals surface area contributed by atoms with E-state index < -0.39 is 6.16 Å². The average molecular weight is 188 g/mol. The van der Waals surface area contributed by atoms with Gasteiger partial charge in [0.1, 0.15) is 6.10 Å². The zero-order chi connectivity index (χ0) is 10.1. The number of hydrogen-bond acceptors (Lipinski definition) is 3. The number of hydrogen-bond donors (Lipinski definition) is 0. The summed E-state index contributed by atoms with van der Waals surface area (Å²) < 4.78 is 9.77. The third kappa shape index (κ3) is 7.62. The molecule has 0 saturated carbocycles. The lowest BCUT2D eigenvalue weighted by molar-refractivity contribution is 0.0273. The van der Waals surface area contributed by atoms with Crippen LogP contribution in [-0.4, -0.2) is 18.9 Å². The Balaban J connectivity index is 3.30. The molecule has 3 heteroatoms. The van der Waals surface area contributed by atoms with Gasteiger partial charge >= 0.3 is 6.16 Å². The van der Waals surface area contributed by atoms with Gasteiger partial charge in [-0.3, -0.25) is 0 Å². The van der Waals surface area contributed by atoms with Gasteiger partial charge in [0.05, 0.1) is 6.61 Å². The van der Waals surface area contributed by atoms with E-state index in [1.165, 1.54) is 0 Å². The van der Waals surface area contributed by atoms with Gasteiger partial charge in [0.15, 0.2) is 0 Å². The summed E-state index contributed by atoms with van der Waals surface area (Å²) in [6, 6.07) is 0. The summed E-state index contributed by atoms with van der Waals surface area (Å²) in [6.45, 7) is 6.41. The molecule has 0 aliphatic rings. The van der Waals surface area contributed by atoms with Crippen LogP contribution in [0.15, 0.2) is 0 Å². The van der Waals surface area contributed by atoms with Gasteiger partial charge in [-0.15, -0.1) is 0 Å². The highest BCUT2D eigenvalue weighted by Gasteiger charge is 2.07. The van der Waals surface area contributed by atoms with Crippen molar-refractivity contribution in [2.75, 3.05) is 6.61 Å². The minimum atomic E-state index is -0.537. The summed E-state index contributed by atoms with van der Waals surface area (Å²) in [4.78, 5) is 10.9. The zero-order valence-electron chi connectivity index (χ0n) is 8.84. The maximum Gasteiger partial charge on any atom is 0.508 e. The van der Waals surface area contributed by atoms with Crippen molar-refractivity contribution in [3.63, 3.8) is 0 Å². The van der Waals surface area contributed by atoms with Crippen LogP contribution in [0.2, 0.25) is 0 Å². The Morgan fingerprint density at radius 1 is 1.31 bits per heavy atom. The van der Waals surface area contributed by atoms with Crippen LogP contribution >= 0.6 is 0 Å². The van der Waals surface area contributed by atoms with Crippen molar-refractivity contribution in [3.05, 3.63) is 0 Å². The molecule has 0 aliphatic carbocycles. The molecular formula is C10H20O3. The van der Waals surface area contributed by atoms with Crippen molar-refractivity contribution < 1.29 is 14.3 Å². The fourth-order valence-corrected chi connectivity index (χ4v) is 0.789. The largest absolute Gasteiger partial charge is 0.508 e. The van der Waals surface area contributed by atoms with Crippen LogP contribution in [0.4, 0.5) is 4.79 Å². The van der Waals surface area contributed by atoms with Crippen LogP contribution in [-0.2, 0) is 9.47 Å². The number of carbonyl (C=O) groups is 1. The summed E-state index contributed by atoms with van der Waals surface area (Å²) in [6.07, 6.45) is 3.39. The van der Waals surface area contributed by atoms with Gasteiger partial charge in [-0.05, 0) is 19.8 Å². The molecule has 0 amide bonds. The molecule has 0 heterocycles. The minimum Gasteiger partial charge on any atom is -0.434 e. The van der Waals surface area contributed by atoms with Crippen molar-refractivity contribution in [1.82, 2.24) is 0 Å². The summed E-state index contributed by atoms with van der Waals surface area (Å²) in [5, 5.41) is 0. The minimum absolute atomic E-state index is 0.0429. The van der Waals surface area contributed by atoms with E-state index in [4.69, 9.17) is 9.47 Å². The molecule has 0 aromatic carbocycles. The van der Waals surface area contributed by atoms with Crippen LogP contribution < -0.4 is 0 Å². The van der Waals surface area contributed by atoms with Crippen molar-refractivity contribution in [3.8, 4) is 0 Å². The SMILES string of the molecule is CCCCCOC(=O)OC(C)CC. The molecule has 0 N–H and O–H groups in total. The smallest absolute Gasteiger partial charge is 0.434 e. The van der Waals surface area contributed by atoms with Crippen molar-refractivity contribution >= 4 is 6.16 Å². The molecule has 0 radical (unpaired) electrons. The first kappa shape index (κ1) is 12.3. The Hall–Kier alpha value is -0.730. The predicted octanol–water partition coefficient (Wildman–Crippen LogP) is 3.13. The van der Waals surface area contributed by atoms with E-state index >= 15 is 0 Å². The van der Waals surface area contributed by atoms with E-state index in [1.54, 1.807) is 0 Å². The van der Waals surface area contributed by atoms with Gasteiger partial charge in [0.2, 0.25) is 0 Å². The van der Waals surface area contributed by atoms with E-state index in [2.05, 4.69) is 6.92 Å². The number of rotatable bonds is 6. The molecule has 0 bridgehead atoms. The van der Waals surface area contributed by atoms with Gasteiger partial charge in [0, 0.05) is 0 Å². The van der Waals surface area contributed by atoms with Crippen LogP contribution in [0, 0.1) is 0 Å². The average Bonchev–Trinajstić information content (AvgIpc) is 2.12. The fraction of sp³-hybridized carbons (Fsp3) is 0.900. The molecule has 0 aromatic heterocycles. The second-order valence-electron chi connectivity index (χ2n) is 3.14. The first-order valence-corrected chi connectivity index (χ1v) is 5.04. The van der Waals surface area contributed by atoms with E-state index in [-0.39, 0.29) is 6.10 Å². The summed E-state index contributed by atoms with van der Waals surface area (Å²) in [7, 11) is 0. The lowest BCUT2D eigenvalue weighted by Crippen LogP contribution is -2.15. The van der Waals surface area contributed by atoms with E-state index in [0.29, 0.717) is 6.61 Å². The second kappa shape index (κ2) is 7.90. The molecule has 3 nitrogen and oxygen atoms in total. The van der Waals surface area contributed by atoms with Gasteiger partial charge < -0.3 is 9.47 Å². The van der Waals surface area contributed by atoms with Gasteiger partial charge in [-0.1, -0.05) is 26.7 Å². The molecule has 13 heavy (non-hydrogen) atoms. The van der Waals surface area contributed by atoms with Crippen molar-refractivity contribution in [2.45, 2.75) is 52.6 Å².